The van der Waals surface area contributed by atoms with Crippen LogP contribution in [-0.4, -0.2) is 24.6 Å². The Morgan fingerprint density at radius 2 is 2.00 bits per heavy atom. The lowest BCUT2D eigenvalue weighted by molar-refractivity contribution is 0.587. The highest BCUT2D eigenvalue weighted by Crippen LogP contribution is 2.19. The van der Waals surface area contributed by atoms with Gasteiger partial charge in [0, 0.05) is 25.3 Å². The van der Waals surface area contributed by atoms with E-state index in [0.29, 0.717) is 18.5 Å². The normalized spacial score (nSPS) is 10.8. The standard InChI is InChI=1S/C16H25N3/c1-7-8-19(6)16-10-14(11-17-13(4)5)9-15(18-16)12(2)3/h1,9-10,12-13,17H,8,11H2,2-6H3. The zero-order valence-corrected chi connectivity index (χ0v) is 12.7. The maximum atomic E-state index is 5.37. The Kier molecular flexibility index (Phi) is 5.85. The van der Waals surface area contributed by atoms with Gasteiger partial charge in [-0.05, 0) is 23.6 Å². The summed E-state index contributed by atoms with van der Waals surface area (Å²) in [4.78, 5) is 6.69. The summed E-state index contributed by atoms with van der Waals surface area (Å²) in [5, 5.41) is 3.44. The van der Waals surface area contributed by atoms with Crippen LogP contribution in [0.5, 0.6) is 0 Å². The van der Waals surface area contributed by atoms with E-state index >= 15 is 0 Å². The molecular formula is C16H25N3. The molecule has 0 amide bonds. The molecule has 0 saturated heterocycles. The summed E-state index contributed by atoms with van der Waals surface area (Å²) in [6.45, 7) is 10.0. The molecule has 19 heavy (non-hydrogen) atoms. The lowest BCUT2D eigenvalue weighted by Gasteiger charge is -2.19. The van der Waals surface area contributed by atoms with Gasteiger partial charge in [0.1, 0.15) is 5.82 Å². The second-order valence-electron chi connectivity index (χ2n) is 5.51. The first-order valence-corrected chi connectivity index (χ1v) is 6.83. The number of nitrogens with zero attached hydrogens (tertiary/aromatic N) is 2. The molecule has 104 valence electrons. The van der Waals surface area contributed by atoms with E-state index in [-0.39, 0.29) is 0 Å². The summed E-state index contributed by atoms with van der Waals surface area (Å²) in [6, 6.07) is 4.76. The molecule has 0 aliphatic rings. The molecule has 0 aliphatic heterocycles. The molecule has 0 saturated carbocycles. The number of rotatable bonds is 6. The summed E-state index contributed by atoms with van der Waals surface area (Å²) in [6.07, 6.45) is 5.37. The van der Waals surface area contributed by atoms with Crippen LogP contribution in [-0.2, 0) is 6.54 Å². The molecule has 0 spiro atoms. The van der Waals surface area contributed by atoms with E-state index in [9.17, 15) is 0 Å². The monoisotopic (exact) mass is 259 g/mol. The Balaban J connectivity index is 3.00. The Bertz CT molecular complexity index is 444. The highest BCUT2D eigenvalue weighted by molar-refractivity contribution is 5.43. The van der Waals surface area contributed by atoms with Crippen molar-refractivity contribution in [3.63, 3.8) is 0 Å². The predicted octanol–water partition coefficient (Wildman–Crippen LogP) is 2.77. The summed E-state index contributed by atoms with van der Waals surface area (Å²) in [7, 11) is 1.98. The largest absolute Gasteiger partial charge is 0.349 e. The Morgan fingerprint density at radius 1 is 1.32 bits per heavy atom. The minimum Gasteiger partial charge on any atom is -0.349 e. The lowest BCUT2D eigenvalue weighted by atomic mass is 10.1. The van der Waals surface area contributed by atoms with Crippen LogP contribution in [0.15, 0.2) is 12.1 Å². The van der Waals surface area contributed by atoms with Crippen molar-refractivity contribution in [1.29, 1.82) is 0 Å². The van der Waals surface area contributed by atoms with Crippen LogP contribution in [0, 0.1) is 12.3 Å². The molecule has 1 rings (SSSR count). The van der Waals surface area contributed by atoms with E-state index in [1.54, 1.807) is 0 Å². The minimum absolute atomic E-state index is 0.414. The molecule has 0 atom stereocenters. The molecule has 0 aromatic carbocycles. The molecule has 0 unspecified atom stereocenters. The van der Waals surface area contributed by atoms with E-state index in [0.717, 1.165) is 18.1 Å². The van der Waals surface area contributed by atoms with Crippen molar-refractivity contribution in [3.8, 4) is 12.3 Å². The second-order valence-corrected chi connectivity index (χ2v) is 5.51. The van der Waals surface area contributed by atoms with Crippen molar-refractivity contribution in [1.82, 2.24) is 10.3 Å². The first-order valence-electron chi connectivity index (χ1n) is 6.83. The number of anilines is 1. The smallest absolute Gasteiger partial charge is 0.129 e. The number of aromatic nitrogens is 1. The average Bonchev–Trinajstić information content (AvgIpc) is 2.36. The van der Waals surface area contributed by atoms with Crippen molar-refractivity contribution < 1.29 is 0 Å². The zero-order valence-electron chi connectivity index (χ0n) is 12.7. The summed E-state index contributed by atoms with van der Waals surface area (Å²) in [5.74, 6) is 4.02. The molecular weight excluding hydrogens is 234 g/mol. The van der Waals surface area contributed by atoms with Gasteiger partial charge in [-0.3, -0.25) is 0 Å². The van der Waals surface area contributed by atoms with Gasteiger partial charge >= 0.3 is 0 Å². The Morgan fingerprint density at radius 3 is 2.53 bits per heavy atom. The molecule has 1 aromatic heterocycles. The van der Waals surface area contributed by atoms with Crippen LogP contribution in [0.25, 0.3) is 0 Å². The molecule has 0 fully saturated rings. The quantitative estimate of drug-likeness (QED) is 0.796. The third-order valence-corrected chi connectivity index (χ3v) is 2.92. The fraction of sp³-hybridized carbons (Fsp3) is 0.562. The number of terminal acetylenes is 1. The van der Waals surface area contributed by atoms with Crippen molar-refractivity contribution in [2.75, 3.05) is 18.5 Å². The minimum atomic E-state index is 0.414. The number of hydrogen-bond donors (Lipinski definition) is 1. The molecule has 1 N–H and O–H groups in total. The van der Waals surface area contributed by atoms with Gasteiger partial charge in [0.2, 0.25) is 0 Å². The van der Waals surface area contributed by atoms with Crippen molar-refractivity contribution in [2.45, 2.75) is 46.2 Å². The average molecular weight is 259 g/mol. The maximum Gasteiger partial charge on any atom is 0.129 e. The van der Waals surface area contributed by atoms with Gasteiger partial charge in [0.15, 0.2) is 0 Å². The lowest BCUT2D eigenvalue weighted by Crippen LogP contribution is -2.23. The molecule has 3 nitrogen and oxygen atoms in total. The molecule has 0 aliphatic carbocycles. The van der Waals surface area contributed by atoms with Crippen LogP contribution in [0.4, 0.5) is 5.82 Å². The SMILES string of the molecule is C#CCN(C)c1cc(CNC(C)C)cc(C(C)C)n1. The van der Waals surface area contributed by atoms with Crippen LogP contribution in [0.2, 0.25) is 0 Å². The van der Waals surface area contributed by atoms with E-state index in [2.05, 4.69) is 56.0 Å². The van der Waals surface area contributed by atoms with Crippen LogP contribution in [0.3, 0.4) is 0 Å². The molecule has 0 bridgehead atoms. The maximum absolute atomic E-state index is 5.37. The third-order valence-electron chi connectivity index (χ3n) is 2.92. The van der Waals surface area contributed by atoms with E-state index in [1.165, 1.54) is 5.56 Å². The van der Waals surface area contributed by atoms with Gasteiger partial charge in [0.25, 0.3) is 0 Å². The number of pyridine rings is 1. The second kappa shape index (κ2) is 7.16. The Labute approximate surface area is 117 Å². The third kappa shape index (κ3) is 4.92. The highest BCUT2D eigenvalue weighted by atomic mass is 15.2. The van der Waals surface area contributed by atoms with Crippen molar-refractivity contribution in [3.05, 3.63) is 23.4 Å². The zero-order chi connectivity index (χ0) is 14.4. The summed E-state index contributed by atoms with van der Waals surface area (Å²) < 4.78 is 0. The fourth-order valence-electron chi connectivity index (χ4n) is 1.73. The first kappa shape index (κ1) is 15.5. The first-order chi connectivity index (χ1) is 8.93. The van der Waals surface area contributed by atoms with Crippen LogP contribution >= 0.6 is 0 Å². The molecule has 1 heterocycles. The molecule has 1 aromatic rings. The fourth-order valence-corrected chi connectivity index (χ4v) is 1.73. The number of nitrogens with one attached hydrogen (secondary N) is 1. The van der Waals surface area contributed by atoms with E-state index in [4.69, 9.17) is 6.42 Å². The summed E-state index contributed by atoms with van der Waals surface area (Å²) in [5.41, 5.74) is 2.37. The van der Waals surface area contributed by atoms with Gasteiger partial charge < -0.3 is 10.2 Å². The molecule has 0 radical (unpaired) electrons. The van der Waals surface area contributed by atoms with Crippen molar-refractivity contribution in [2.24, 2.45) is 0 Å². The number of hydrogen-bond acceptors (Lipinski definition) is 3. The van der Waals surface area contributed by atoms with Crippen LogP contribution < -0.4 is 10.2 Å². The molecule has 3 heteroatoms. The van der Waals surface area contributed by atoms with Gasteiger partial charge in [0.05, 0.1) is 6.54 Å². The highest BCUT2D eigenvalue weighted by Gasteiger charge is 2.09. The van der Waals surface area contributed by atoms with E-state index < -0.39 is 0 Å². The van der Waals surface area contributed by atoms with E-state index in [1.807, 2.05) is 11.9 Å². The van der Waals surface area contributed by atoms with Crippen LogP contribution in [0.1, 0.15) is 44.9 Å². The topological polar surface area (TPSA) is 28.2 Å². The van der Waals surface area contributed by atoms with Gasteiger partial charge in [-0.25, -0.2) is 4.98 Å². The van der Waals surface area contributed by atoms with Gasteiger partial charge in [-0.1, -0.05) is 33.6 Å². The predicted molar refractivity (Wildman–Crippen MR) is 82.4 cm³/mol. The van der Waals surface area contributed by atoms with Gasteiger partial charge in [-0.2, -0.15) is 0 Å². The van der Waals surface area contributed by atoms with Crippen molar-refractivity contribution >= 4 is 5.82 Å². The summed E-state index contributed by atoms with van der Waals surface area (Å²) >= 11 is 0. The van der Waals surface area contributed by atoms with Gasteiger partial charge in [-0.15, -0.1) is 6.42 Å². The Hall–Kier alpha value is -1.53.